The van der Waals surface area contributed by atoms with Crippen molar-refractivity contribution in [2.24, 2.45) is 5.73 Å². The van der Waals surface area contributed by atoms with Gasteiger partial charge in [-0.3, -0.25) is 0 Å². The maximum Gasteiger partial charge on any atom is 0.227 e. The predicted octanol–water partition coefficient (Wildman–Crippen LogP) is 4.49. The number of hydrogen-bond acceptors (Lipinski definition) is 5. The summed E-state index contributed by atoms with van der Waals surface area (Å²) in [5.74, 6) is 0.876. The van der Waals surface area contributed by atoms with Gasteiger partial charge in [-0.2, -0.15) is 4.98 Å². The lowest BCUT2D eigenvalue weighted by Crippen LogP contribution is -2.49. The molecule has 0 radical (unpaired) electrons. The van der Waals surface area contributed by atoms with Crippen LogP contribution in [0.5, 0.6) is 0 Å². The Morgan fingerprint density at radius 3 is 2.77 bits per heavy atom. The molecule has 0 saturated carbocycles. The number of alkyl halides is 1. The number of hydrogen-bond donors (Lipinski definition) is 2. The molecular weight excluding hydrogens is 400 g/mol. The van der Waals surface area contributed by atoms with E-state index in [2.05, 4.69) is 15.3 Å². The first-order valence-corrected chi connectivity index (χ1v) is 9.37. The number of nitrogens with zero attached hydrogens (tertiary/aromatic N) is 3. The van der Waals surface area contributed by atoms with Gasteiger partial charge in [-0.25, -0.2) is 9.37 Å². The number of nitrogens with one attached hydrogen (secondary N) is 1. The van der Waals surface area contributed by atoms with Gasteiger partial charge < -0.3 is 16.0 Å². The fourth-order valence-corrected chi connectivity index (χ4v) is 3.57. The van der Waals surface area contributed by atoms with Gasteiger partial charge in [0.15, 0.2) is 5.82 Å². The minimum Gasteiger partial charge on any atom is -0.362 e. The van der Waals surface area contributed by atoms with E-state index in [0.717, 1.165) is 5.56 Å². The van der Waals surface area contributed by atoms with E-state index in [1.807, 2.05) is 13.0 Å². The molecule has 0 bridgehead atoms. The summed E-state index contributed by atoms with van der Waals surface area (Å²) in [5, 5.41) is 4.72. The van der Waals surface area contributed by atoms with E-state index in [-0.39, 0.29) is 12.6 Å². The molecule has 2 heterocycles. The van der Waals surface area contributed by atoms with Crippen molar-refractivity contribution in [3.63, 3.8) is 0 Å². The summed E-state index contributed by atoms with van der Waals surface area (Å²) in [4.78, 5) is 10.5. The third kappa shape index (κ3) is 4.31. The number of anilines is 2. The zero-order valence-corrected chi connectivity index (χ0v) is 16.4. The lowest BCUT2D eigenvalue weighted by molar-refractivity contribution is 0.250. The van der Waals surface area contributed by atoms with Crippen LogP contribution in [-0.4, -0.2) is 35.3 Å². The summed E-state index contributed by atoms with van der Waals surface area (Å²) in [5.41, 5.74) is 6.59. The lowest BCUT2D eigenvalue weighted by atomic mass is 10.0. The molecule has 0 unspecified atom stereocenters. The van der Waals surface area contributed by atoms with Crippen LogP contribution in [-0.2, 0) is 0 Å². The molecule has 0 aliphatic carbocycles. The quantitative estimate of drug-likeness (QED) is 0.766. The molecule has 3 N–H and O–H groups in total. The predicted molar refractivity (Wildman–Crippen MR) is 105 cm³/mol. The Hall–Kier alpha value is -1.34. The third-order valence-electron chi connectivity index (χ3n) is 4.39. The topological polar surface area (TPSA) is 67.1 Å². The van der Waals surface area contributed by atoms with Crippen molar-refractivity contribution < 1.29 is 4.39 Å². The Morgan fingerprint density at radius 1 is 1.31 bits per heavy atom. The Balaban J connectivity index is 1.79. The molecule has 5 nitrogen and oxygen atoms in total. The Kier molecular flexibility index (Phi) is 6.07. The van der Waals surface area contributed by atoms with Crippen LogP contribution in [0.2, 0.25) is 15.1 Å². The minimum atomic E-state index is -1.11. The van der Waals surface area contributed by atoms with Crippen molar-refractivity contribution in [2.75, 3.05) is 23.3 Å². The first-order chi connectivity index (χ1) is 12.3. The molecule has 140 valence electrons. The number of rotatable bonds is 4. The lowest BCUT2D eigenvalue weighted by Gasteiger charge is -2.33. The van der Waals surface area contributed by atoms with E-state index in [1.165, 1.54) is 6.20 Å². The fraction of sp³-hybridized carbons (Fsp3) is 0.412. The van der Waals surface area contributed by atoms with Gasteiger partial charge in [-0.05, 0) is 31.0 Å². The van der Waals surface area contributed by atoms with Gasteiger partial charge in [0.1, 0.15) is 11.2 Å². The van der Waals surface area contributed by atoms with E-state index in [4.69, 9.17) is 40.5 Å². The van der Waals surface area contributed by atoms with Crippen LogP contribution < -0.4 is 16.0 Å². The average Bonchev–Trinajstić information content (AvgIpc) is 2.59. The van der Waals surface area contributed by atoms with Crippen molar-refractivity contribution in [1.29, 1.82) is 0 Å². The molecule has 0 amide bonds. The highest BCUT2D eigenvalue weighted by molar-refractivity contribution is 6.35. The van der Waals surface area contributed by atoms with Crippen LogP contribution in [0.15, 0.2) is 24.4 Å². The molecule has 1 aliphatic rings. The van der Waals surface area contributed by atoms with Crippen LogP contribution >= 0.6 is 34.8 Å². The average molecular weight is 419 g/mol. The summed E-state index contributed by atoms with van der Waals surface area (Å²) >= 11 is 18.4. The van der Waals surface area contributed by atoms with E-state index >= 15 is 0 Å². The molecular formula is C17H19Cl3FN5. The number of piperidine rings is 1. The number of halogens is 4. The van der Waals surface area contributed by atoms with Gasteiger partial charge in [0.05, 0.1) is 18.8 Å². The first kappa shape index (κ1) is 19.4. The summed E-state index contributed by atoms with van der Waals surface area (Å²) in [6.45, 7) is 2.70. The van der Waals surface area contributed by atoms with Crippen molar-refractivity contribution in [3.8, 4) is 0 Å². The summed E-state index contributed by atoms with van der Waals surface area (Å²) in [7, 11) is 0. The SMILES string of the molecule is C[C@@H](Nc1nc(N2CC[C@H](N)[C@@H](F)C2)ncc1Cl)c1ccc(Cl)cc1Cl. The second-order valence-electron chi connectivity index (χ2n) is 6.31. The minimum absolute atomic E-state index is 0.163. The highest BCUT2D eigenvalue weighted by Gasteiger charge is 2.28. The number of nitrogens with two attached hydrogens (primary N) is 1. The molecule has 9 heteroatoms. The number of aromatic nitrogens is 2. The van der Waals surface area contributed by atoms with Gasteiger partial charge in [-0.15, -0.1) is 0 Å². The molecule has 3 rings (SSSR count). The molecule has 2 aromatic rings. The highest BCUT2D eigenvalue weighted by atomic mass is 35.5. The van der Waals surface area contributed by atoms with E-state index in [1.54, 1.807) is 17.0 Å². The zero-order chi connectivity index (χ0) is 18.8. The fourth-order valence-electron chi connectivity index (χ4n) is 2.85. The first-order valence-electron chi connectivity index (χ1n) is 8.23. The monoisotopic (exact) mass is 417 g/mol. The van der Waals surface area contributed by atoms with Crippen LogP contribution in [0.25, 0.3) is 0 Å². The zero-order valence-electron chi connectivity index (χ0n) is 14.1. The van der Waals surface area contributed by atoms with Gasteiger partial charge in [0.2, 0.25) is 5.95 Å². The van der Waals surface area contributed by atoms with Crippen LogP contribution in [0, 0.1) is 0 Å². The van der Waals surface area contributed by atoms with Gasteiger partial charge >= 0.3 is 0 Å². The Bertz CT molecular complexity index is 791. The normalized spacial score (nSPS) is 21.5. The van der Waals surface area contributed by atoms with Crippen molar-refractivity contribution >= 4 is 46.6 Å². The maximum absolute atomic E-state index is 13.9. The standard InChI is InChI=1S/C17H19Cl3FN5/c1-9(11-3-2-10(18)6-12(11)19)24-16-13(20)7-23-17(25-16)26-5-4-15(22)14(21)8-26/h2-3,6-7,9,14-15H,4-5,8,22H2,1H3,(H,23,24,25)/t9-,14+,15+/m1/s1. The molecule has 26 heavy (non-hydrogen) atoms. The molecule has 1 fully saturated rings. The van der Waals surface area contributed by atoms with Crippen LogP contribution in [0.3, 0.4) is 0 Å². The second kappa shape index (κ2) is 8.13. The van der Waals surface area contributed by atoms with Crippen molar-refractivity contribution in [1.82, 2.24) is 9.97 Å². The second-order valence-corrected chi connectivity index (χ2v) is 7.56. The number of benzene rings is 1. The van der Waals surface area contributed by atoms with E-state index in [9.17, 15) is 4.39 Å². The summed E-state index contributed by atoms with van der Waals surface area (Å²) < 4.78 is 13.9. The van der Waals surface area contributed by atoms with Crippen molar-refractivity contribution in [2.45, 2.75) is 31.6 Å². The van der Waals surface area contributed by atoms with Crippen LogP contribution in [0.1, 0.15) is 24.9 Å². The van der Waals surface area contributed by atoms with Gasteiger partial charge in [0.25, 0.3) is 0 Å². The summed E-state index contributed by atoms with van der Waals surface area (Å²) in [6, 6.07) is 4.69. The van der Waals surface area contributed by atoms with Crippen molar-refractivity contribution in [3.05, 3.63) is 45.0 Å². The van der Waals surface area contributed by atoms with E-state index in [0.29, 0.717) is 39.8 Å². The highest BCUT2D eigenvalue weighted by Crippen LogP contribution is 2.31. The maximum atomic E-state index is 13.9. The van der Waals surface area contributed by atoms with Gasteiger partial charge in [0, 0.05) is 22.6 Å². The smallest absolute Gasteiger partial charge is 0.227 e. The summed E-state index contributed by atoms with van der Waals surface area (Å²) in [6.07, 6.45) is 0.947. The molecule has 0 spiro atoms. The largest absolute Gasteiger partial charge is 0.362 e. The molecule has 1 aromatic heterocycles. The molecule has 1 aliphatic heterocycles. The molecule has 1 saturated heterocycles. The van der Waals surface area contributed by atoms with E-state index < -0.39 is 12.2 Å². The molecule has 1 aromatic carbocycles. The Labute approximate surface area is 166 Å². The molecule has 3 atom stereocenters. The third-order valence-corrected chi connectivity index (χ3v) is 5.23. The van der Waals surface area contributed by atoms with Crippen LogP contribution in [0.4, 0.5) is 16.2 Å². The van der Waals surface area contributed by atoms with Gasteiger partial charge in [-0.1, -0.05) is 40.9 Å². The Morgan fingerprint density at radius 2 is 2.08 bits per heavy atom.